The van der Waals surface area contributed by atoms with Crippen LogP contribution in [0.3, 0.4) is 0 Å². The van der Waals surface area contributed by atoms with Crippen LogP contribution in [0, 0.1) is 6.92 Å². The number of aromatic nitrogens is 2. The van der Waals surface area contributed by atoms with Gasteiger partial charge in [0.1, 0.15) is 17.1 Å². The quantitative estimate of drug-likeness (QED) is 0.512. The predicted molar refractivity (Wildman–Crippen MR) is 96.8 cm³/mol. The zero-order chi connectivity index (χ0) is 19.1. The van der Waals surface area contributed by atoms with Crippen molar-refractivity contribution in [2.24, 2.45) is 0 Å². The lowest BCUT2D eigenvalue weighted by atomic mass is 9.88. The first-order chi connectivity index (χ1) is 13.0. The van der Waals surface area contributed by atoms with Gasteiger partial charge in [-0.3, -0.25) is 19.4 Å². The molecule has 0 atom stereocenters. The van der Waals surface area contributed by atoms with Gasteiger partial charge in [0, 0.05) is 24.8 Å². The smallest absolute Gasteiger partial charge is 0.308 e. The molecule has 1 aromatic carbocycles. The molecular formula is C21H14N2O4. The van der Waals surface area contributed by atoms with E-state index in [0.29, 0.717) is 5.69 Å². The van der Waals surface area contributed by atoms with Crippen molar-refractivity contribution in [3.05, 3.63) is 76.7 Å². The summed E-state index contributed by atoms with van der Waals surface area (Å²) >= 11 is 0. The molecule has 0 saturated heterocycles. The van der Waals surface area contributed by atoms with E-state index in [1.165, 1.54) is 19.2 Å². The second kappa shape index (κ2) is 6.25. The lowest BCUT2D eigenvalue weighted by molar-refractivity contribution is -0.131. The van der Waals surface area contributed by atoms with Gasteiger partial charge in [0.05, 0.1) is 16.8 Å². The highest BCUT2D eigenvalue weighted by atomic mass is 16.5. The number of esters is 1. The molecule has 0 fully saturated rings. The van der Waals surface area contributed by atoms with Crippen LogP contribution in [0.4, 0.5) is 0 Å². The summed E-state index contributed by atoms with van der Waals surface area (Å²) in [6, 6.07) is 12.3. The lowest BCUT2D eigenvalue weighted by Crippen LogP contribution is -2.25. The third-order valence-electron chi connectivity index (χ3n) is 4.23. The maximum Gasteiger partial charge on any atom is 0.308 e. The van der Waals surface area contributed by atoms with Crippen molar-refractivity contribution >= 4 is 17.5 Å². The maximum absolute atomic E-state index is 13.0. The van der Waals surface area contributed by atoms with E-state index in [0.717, 1.165) is 11.1 Å². The molecule has 0 spiro atoms. The molecule has 0 N–H and O–H groups in total. The topological polar surface area (TPSA) is 86.2 Å². The zero-order valence-corrected chi connectivity index (χ0v) is 14.6. The van der Waals surface area contributed by atoms with Crippen LogP contribution in [0.2, 0.25) is 0 Å². The molecule has 2 aromatic heterocycles. The third kappa shape index (κ3) is 2.81. The Balaban J connectivity index is 1.99. The molecule has 1 aliphatic rings. The van der Waals surface area contributed by atoms with E-state index in [9.17, 15) is 14.4 Å². The van der Waals surface area contributed by atoms with Crippen LogP contribution >= 0.6 is 0 Å². The van der Waals surface area contributed by atoms with Gasteiger partial charge < -0.3 is 4.74 Å². The summed E-state index contributed by atoms with van der Waals surface area (Å²) in [7, 11) is 0. The fraction of sp³-hybridized carbons (Fsp3) is 0.0952. The predicted octanol–water partition coefficient (Wildman–Crippen LogP) is 3.15. The van der Waals surface area contributed by atoms with Gasteiger partial charge in [-0.2, -0.15) is 0 Å². The number of hydrogen-bond acceptors (Lipinski definition) is 6. The van der Waals surface area contributed by atoms with Gasteiger partial charge in [-0.1, -0.05) is 30.3 Å². The molecule has 27 heavy (non-hydrogen) atoms. The molecule has 6 heteroatoms. The molecule has 0 saturated carbocycles. The number of aryl methyl sites for hydroxylation is 1. The normalized spacial score (nSPS) is 12.4. The monoisotopic (exact) mass is 358 g/mol. The number of carbonyl (C=O) groups is 3. The van der Waals surface area contributed by atoms with E-state index < -0.39 is 17.5 Å². The molecule has 0 radical (unpaired) electrons. The average molecular weight is 358 g/mol. The average Bonchev–Trinajstić information content (AvgIpc) is 2.65. The van der Waals surface area contributed by atoms with E-state index in [-0.39, 0.29) is 28.3 Å². The number of pyridine rings is 2. The fourth-order valence-corrected chi connectivity index (χ4v) is 3.07. The second-order valence-corrected chi connectivity index (χ2v) is 6.26. The Kier molecular flexibility index (Phi) is 3.88. The Morgan fingerprint density at radius 1 is 1.00 bits per heavy atom. The Morgan fingerprint density at radius 3 is 2.44 bits per heavy atom. The van der Waals surface area contributed by atoms with Crippen LogP contribution in [0.15, 0.2) is 48.7 Å². The van der Waals surface area contributed by atoms with E-state index in [4.69, 9.17) is 4.74 Å². The molecule has 1 aliphatic carbocycles. The van der Waals surface area contributed by atoms with Crippen molar-refractivity contribution in [2.45, 2.75) is 13.8 Å². The lowest BCUT2D eigenvalue weighted by Gasteiger charge is -2.19. The van der Waals surface area contributed by atoms with Crippen molar-refractivity contribution in [3.63, 3.8) is 0 Å². The summed E-state index contributed by atoms with van der Waals surface area (Å²) in [5.74, 6) is -1.48. The summed E-state index contributed by atoms with van der Waals surface area (Å²) in [6.07, 6.45) is 1.52. The summed E-state index contributed by atoms with van der Waals surface area (Å²) in [5.41, 5.74) is 2.13. The van der Waals surface area contributed by atoms with Crippen molar-refractivity contribution < 1.29 is 19.1 Å². The molecule has 0 aliphatic heterocycles. The molecule has 3 aromatic rings. The van der Waals surface area contributed by atoms with Crippen LogP contribution in [-0.2, 0) is 4.79 Å². The highest BCUT2D eigenvalue weighted by molar-refractivity contribution is 6.28. The SMILES string of the molecule is CC(=O)Oc1cc(-c2ccccc2)nc2c1C(=O)c1ncc(C)cc1C2=O. The van der Waals surface area contributed by atoms with Crippen LogP contribution in [-0.4, -0.2) is 27.5 Å². The molecule has 0 amide bonds. The van der Waals surface area contributed by atoms with E-state index in [1.807, 2.05) is 30.3 Å². The summed E-state index contributed by atoms with van der Waals surface area (Å²) < 4.78 is 5.25. The minimum atomic E-state index is -0.592. The zero-order valence-electron chi connectivity index (χ0n) is 14.6. The van der Waals surface area contributed by atoms with Gasteiger partial charge in [0.15, 0.2) is 0 Å². The summed E-state index contributed by atoms with van der Waals surface area (Å²) in [6.45, 7) is 3.03. The molecule has 2 heterocycles. The number of nitrogens with zero attached hydrogens (tertiary/aromatic N) is 2. The van der Waals surface area contributed by atoms with Crippen molar-refractivity contribution in [1.82, 2.24) is 9.97 Å². The molecular weight excluding hydrogens is 344 g/mol. The van der Waals surface area contributed by atoms with Gasteiger partial charge >= 0.3 is 5.97 Å². The highest BCUT2D eigenvalue weighted by Gasteiger charge is 2.36. The summed E-state index contributed by atoms with van der Waals surface area (Å²) in [5, 5.41) is 0. The number of ketones is 2. The minimum Gasteiger partial charge on any atom is -0.426 e. The van der Waals surface area contributed by atoms with E-state index in [1.54, 1.807) is 13.0 Å². The van der Waals surface area contributed by atoms with E-state index >= 15 is 0 Å². The molecule has 6 nitrogen and oxygen atoms in total. The number of benzene rings is 1. The Hall–Kier alpha value is -3.67. The van der Waals surface area contributed by atoms with Gasteiger partial charge in [0.25, 0.3) is 0 Å². The molecule has 4 rings (SSSR count). The first kappa shape index (κ1) is 16.8. The Labute approximate surface area is 154 Å². The van der Waals surface area contributed by atoms with Gasteiger partial charge in [0.2, 0.25) is 11.6 Å². The van der Waals surface area contributed by atoms with Crippen molar-refractivity contribution in [2.75, 3.05) is 0 Å². The number of rotatable bonds is 2. The Bertz CT molecular complexity index is 1120. The standard InChI is InChI=1S/C21H14N2O4/c1-11-8-14-18(22-10-11)21(26)17-16(27-12(2)24)9-15(23-19(17)20(14)25)13-6-4-3-5-7-13/h3-10H,1-2H3. The van der Waals surface area contributed by atoms with Crippen LogP contribution < -0.4 is 4.74 Å². The molecule has 0 unspecified atom stereocenters. The van der Waals surface area contributed by atoms with Gasteiger partial charge in [-0.15, -0.1) is 0 Å². The van der Waals surface area contributed by atoms with Crippen molar-refractivity contribution in [1.29, 1.82) is 0 Å². The first-order valence-corrected chi connectivity index (χ1v) is 8.30. The number of carbonyl (C=O) groups excluding carboxylic acids is 3. The minimum absolute atomic E-state index is 0.0118. The third-order valence-corrected chi connectivity index (χ3v) is 4.23. The van der Waals surface area contributed by atoms with Gasteiger partial charge in [-0.25, -0.2) is 4.98 Å². The fourth-order valence-electron chi connectivity index (χ4n) is 3.07. The van der Waals surface area contributed by atoms with Gasteiger partial charge in [-0.05, 0) is 18.6 Å². The number of ether oxygens (including phenoxy) is 1. The molecule has 132 valence electrons. The van der Waals surface area contributed by atoms with Crippen LogP contribution in [0.5, 0.6) is 5.75 Å². The van der Waals surface area contributed by atoms with Crippen LogP contribution in [0.1, 0.15) is 44.6 Å². The highest BCUT2D eigenvalue weighted by Crippen LogP contribution is 2.35. The van der Waals surface area contributed by atoms with E-state index in [2.05, 4.69) is 9.97 Å². The Morgan fingerprint density at radius 2 is 1.74 bits per heavy atom. The first-order valence-electron chi connectivity index (χ1n) is 8.30. The largest absolute Gasteiger partial charge is 0.426 e. The van der Waals surface area contributed by atoms with Crippen molar-refractivity contribution in [3.8, 4) is 17.0 Å². The number of fused-ring (bicyclic) bond motifs is 2. The number of hydrogen-bond donors (Lipinski definition) is 0. The summed E-state index contributed by atoms with van der Waals surface area (Å²) in [4.78, 5) is 46.1. The second-order valence-electron chi connectivity index (χ2n) is 6.26. The molecule has 0 bridgehead atoms. The van der Waals surface area contributed by atoms with Crippen LogP contribution in [0.25, 0.3) is 11.3 Å². The maximum atomic E-state index is 13.0.